The van der Waals surface area contributed by atoms with E-state index in [2.05, 4.69) is 30.1 Å². The van der Waals surface area contributed by atoms with E-state index < -0.39 is 0 Å². The molecule has 0 heterocycles. The van der Waals surface area contributed by atoms with Gasteiger partial charge in [0.15, 0.2) is 0 Å². The molecular formula is C15H19NOS. The quantitative estimate of drug-likeness (QED) is 0.652. The van der Waals surface area contributed by atoms with Gasteiger partial charge in [-0.3, -0.25) is 4.79 Å². The van der Waals surface area contributed by atoms with Crippen molar-refractivity contribution < 1.29 is 4.79 Å². The largest absolute Gasteiger partial charge is 0.352 e. The van der Waals surface area contributed by atoms with Gasteiger partial charge in [0.2, 0.25) is 5.91 Å². The van der Waals surface area contributed by atoms with E-state index in [1.807, 2.05) is 6.92 Å². The van der Waals surface area contributed by atoms with E-state index in [0.29, 0.717) is 12.3 Å². The van der Waals surface area contributed by atoms with Crippen molar-refractivity contribution >= 4 is 17.7 Å². The third-order valence-electron chi connectivity index (χ3n) is 3.03. The molecular weight excluding hydrogens is 242 g/mol. The maximum absolute atomic E-state index is 11.6. The molecule has 0 aliphatic heterocycles. The molecule has 1 N–H and O–H groups in total. The van der Waals surface area contributed by atoms with Gasteiger partial charge in [0, 0.05) is 11.4 Å². The molecule has 1 aliphatic carbocycles. The Morgan fingerprint density at radius 2 is 2.17 bits per heavy atom. The van der Waals surface area contributed by atoms with Crippen molar-refractivity contribution in [2.24, 2.45) is 0 Å². The van der Waals surface area contributed by atoms with Crippen LogP contribution in [0.5, 0.6) is 0 Å². The summed E-state index contributed by atoms with van der Waals surface area (Å²) in [7, 11) is 0. The molecule has 18 heavy (non-hydrogen) atoms. The second-order valence-electron chi connectivity index (χ2n) is 4.81. The lowest BCUT2D eigenvalue weighted by atomic mass is 10.1. The summed E-state index contributed by atoms with van der Waals surface area (Å²) < 4.78 is 0. The normalized spacial score (nSPS) is 13.2. The molecule has 0 saturated carbocycles. The minimum absolute atomic E-state index is 0.0727. The fraction of sp³-hybridized carbons (Fsp3) is 0.400. The van der Waals surface area contributed by atoms with Gasteiger partial charge in [-0.05, 0) is 49.4 Å². The van der Waals surface area contributed by atoms with Crippen molar-refractivity contribution in [1.29, 1.82) is 0 Å². The van der Waals surface area contributed by atoms with Crippen molar-refractivity contribution in [3.05, 3.63) is 41.5 Å². The molecule has 1 aliphatic rings. The zero-order valence-electron chi connectivity index (χ0n) is 10.8. The Morgan fingerprint density at radius 1 is 1.39 bits per heavy atom. The number of fused-ring (bicyclic) bond motifs is 1. The van der Waals surface area contributed by atoms with Crippen LogP contribution in [0.4, 0.5) is 0 Å². The van der Waals surface area contributed by atoms with E-state index in [4.69, 9.17) is 0 Å². The van der Waals surface area contributed by atoms with E-state index in [9.17, 15) is 4.79 Å². The second kappa shape index (κ2) is 6.10. The third-order valence-corrected chi connectivity index (χ3v) is 4.02. The summed E-state index contributed by atoms with van der Waals surface area (Å²) in [5, 5.41) is 2.85. The predicted octanol–water partition coefficient (Wildman–Crippen LogP) is 2.96. The van der Waals surface area contributed by atoms with E-state index in [-0.39, 0.29) is 5.91 Å². The molecule has 0 saturated heterocycles. The zero-order chi connectivity index (χ0) is 13.0. The van der Waals surface area contributed by atoms with E-state index in [1.54, 1.807) is 11.8 Å². The Balaban J connectivity index is 1.83. The van der Waals surface area contributed by atoms with Crippen LogP contribution in [0.1, 0.15) is 24.5 Å². The monoisotopic (exact) mass is 261 g/mol. The second-order valence-corrected chi connectivity index (χ2v) is 5.86. The average Bonchev–Trinajstić information content (AvgIpc) is 2.81. The first kappa shape index (κ1) is 13.2. The number of nitrogens with one attached hydrogen (secondary N) is 1. The predicted molar refractivity (Wildman–Crippen MR) is 77.0 cm³/mol. The maximum Gasteiger partial charge on any atom is 0.230 e. The maximum atomic E-state index is 11.6. The first-order chi connectivity index (χ1) is 8.65. The van der Waals surface area contributed by atoms with Crippen LogP contribution in [0.15, 0.2) is 35.2 Å². The van der Waals surface area contributed by atoms with Gasteiger partial charge in [-0.2, -0.15) is 0 Å². The van der Waals surface area contributed by atoms with Crippen LogP contribution in [0.2, 0.25) is 0 Å². The van der Waals surface area contributed by atoms with Crippen LogP contribution in [0.3, 0.4) is 0 Å². The number of thioether (sulfide) groups is 1. The van der Waals surface area contributed by atoms with Gasteiger partial charge < -0.3 is 5.32 Å². The molecule has 0 atom stereocenters. The highest BCUT2D eigenvalue weighted by Gasteiger charge is 2.11. The van der Waals surface area contributed by atoms with E-state index >= 15 is 0 Å². The van der Waals surface area contributed by atoms with Crippen molar-refractivity contribution in [1.82, 2.24) is 5.32 Å². The molecule has 1 aromatic carbocycles. The topological polar surface area (TPSA) is 29.1 Å². The lowest BCUT2D eigenvalue weighted by molar-refractivity contribution is -0.118. The van der Waals surface area contributed by atoms with Gasteiger partial charge in [0.05, 0.1) is 5.75 Å². The fourth-order valence-corrected chi connectivity index (χ4v) is 2.88. The summed E-state index contributed by atoms with van der Waals surface area (Å²) in [4.78, 5) is 12.8. The average molecular weight is 261 g/mol. The molecule has 1 aromatic rings. The molecule has 0 fully saturated rings. The highest BCUT2D eigenvalue weighted by atomic mass is 32.2. The minimum atomic E-state index is 0.0727. The van der Waals surface area contributed by atoms with Crippen LogP contribution in [0, 0.1) is 0 Å². The third kappa shape index (κ3) is 3.64. The number of aryl methyl sites for hydroxylation is 2. The molecule has 0 unspecified atom stereocenters. The highest BCUT2D eigenvalue weighted by Crippen LogP contribution is 2.27. The standard InChI is InChI=1S/C15H19NOS/c1-11(2)9-16-15(17)10-18-14-7-6-12-4-3-5-13(12)8-14/h6-8H,1,3-5,9-10H2,2H3,(H,16,17). The molecule has 0 spiro atoms. The Labute approximate surface area is 113 Å². The van der Waals surface area contributed by atoms with Crippen LogP contribution in [-0.4, -0.2) is 18.2 Å². The van der Waals surface area contributed by atoms with Crippen LogP contribution in [0.25, 0.3) is 0 Å². The van der Waals surface area contributed by atoms with Gasteiger partial charge in [-0.1, -0.05) is 18.2 Å². The van der Waals surface area contributed by atoms with Crippen molar-refractivity contribution in [3.63, 3.8) is 0 Å². The van der Waals surface area contributed by atoms with Crippen LogP contribution in [-0.2, 0) is 17.6 Å². The summed E-state index contributed by atoms with van der Waals surface area (Å²) in [5.41, 5.74) is 3.92. The van der Waals surface area contributed by atoms with Crippen molar-refractivity contribution in [3.8, 4) is 0 Å². The summed E-state index contributed by atoms with van der Waals surface area (Å²) >= 11 is 1.60. The minimum Gasteiger partial charge on any atom is -0.352 e. The Kier molecular flexibility index (Phi) is 4.48. The number of carbonyl (C=O) groups excluding carboxylic acids is 1. The summed E-state index contributed by atoms with van der Waals surface area (Å²) in [5.74, 6) is 0.551. The van der Waals surface area contributed by atoms with Gasteiger partial charge in [0.25, 0.3) is 0 Å². The molecule has 0 radical (unpaired) electrons. The number of hydrogen-bond donors (Lipinski definition) is 1. The lowest BCUT2D eigenvalue weighted by Gasteiger charge is -2.06. The van der Waals surface area contributed by atoms with E-state index in [1.165, 1.54) is 35.3 Å². The molecule has 2 nitrogen and oxygen atoms in total. The first-order valence-electron chi connectivity index (χ1n) is 6.31. The van der Waals surface area contributed by atoms with Crippen molar-refractivity contribution in [2.75, 3.05) is 12.3 Å². The molecule has 2 rings (SSSR count). The number of benzene rings is 1. The lowest BCUT2D eigenvalue weighted by Crippen LogP contribution is -2.26. The van der Waals surface area contributed by atoms with E-state index in [0.717, 1.165) is 5.57 Å². The Morgan fingerprint density at radius 3 is 2.94 bits per heavy atom. The molecule has 96 valence electrons. The van der Waals surface area contributed by atoms with Crippen LogP contribution < -0.4 is 5.32 Å². The van der Waals surface area contributed by atoms with Gasteiger partial charge in [-0.25, -0.2) is 0 Å². The zero-order valence-corrected chi connectivity index (χ0v) is 11.6. The Hall–Kier alpha value is -1.22. The molecule has 0 aromatic heterocycles. The number of rotatable bonds is 5. The van der Waals surface area contributed by atoms with Crippen LogP contribution >= 0.6 is 11.8 Å². The highest BCUT2D eigenvalue weighted by molar-refractivity contribution is 8.00. The number of amides is 1. The molecule has 1 amide bonds. The number of carbonyl (C=O) groups is 1. The molecule has 0 bridgehead atoms. The van der Waals surface area contributed by atoms with Gasteiger partial charge in [-0.15, -0.1) is 11.8 Å². The molecule has 3 heteroatoms. The van der Waals surface area contributed by atoms with Gasteiger partial charge >= 0.3 is 0 Å². The SMILES string of the molecule is C=C(C)CNC(=O)CSc1ccc2c(c1)CCC2. The Bertz CT molecular complexity index is 468. The smallest absolute Gasteiger partial charge is 0.230 e. The summed E-state index contributed by atoms with van der Waals surface area (Å²) in [6.45, 7) is 6.25. The summed E-state index contributed by atoms with van der Waals surface area (Å²) in [6, 6.07) is 6.57. The fourth-order valence-electron chi connectivity index (χ4n) is 2.09. The number of hydrogen-bond acceptors (Lipinski definition) is 2. The van der Waals surface area contributed by atoms with Gasteiger partial charge in [0.1, 0.15) is 0 Å². The summed E-state index contributed by atoms with van der Waals surface area (Å²) in [6.07, 6.45) is 3.66. The van der Waals surface area contributed by atoms with Crippen molar-refractivity contribution in [2.45, 2.75) is 31.1 Å². The first-order valence-corrected chi connectivity index (χ1v) is 7.29.